The Balaban J connectivity index is 1.59. The number of carbonyl (C=O) groups excluding carboxylic acids is 1. The molecule has 0 N–H and O–H groups in total. The lowest BCUT2D eigenvalue weighted by atomic mass is 10.1. The summed E-state index contributed by atoms with van der Waals surface area (Å²) in [5.74, 6) is 1.07. The molecule has 1 fully saturated rings. The molecule has 132 valence electrons. The van der Waals surface area contributed by atoms with Gasteiger partial charge in [0, 0.05) is 38.2 Å². The van der Waals surface area contributed by atoms with Gasteiger partial charge in [0.25, 0.3) is 5.91 Å². The van der Waals surface area contributed by atoms with Gasteiger partial charge in [-0.1, -0.05) is 12.1 Å². The van der Waals surface area contributed by atoms with E-state index in [4.69, 9.17) is 14.2 Å². The summed E-state index contributed by atoms with van der Waals surface area (Å²) in [7, 11) is 3.09. The highest BCUT2D eigenvalue weighted by atomic mass is 16.5. The number of hydrogen-bond donors (Lipinski definition) is 0. The largest absolute Gasteiger partial charge is 0.496 e. The molecule has 0 unspecified atom stereocenters. The first kappa shape index (κ1) is 17.0. The van der Waals surface area contributed by atoms with E-state index in [1.165, 1.54) is 7.11 Å². The third-order valence-corrected chi connectivity index (χ3v) is 4.14. The van der Waals surface area contributed by atoms with Crippen LogP contribution >= 0.6 is 0 Å². The zero-order valence-electron chi connectivity index (χ0n) is 14.3. The highest BCUT2D eigenvalue weighted by molar-refractivity contribution is 5.97. The normalized spacial score (nSPS) is 14.9. The van der Waals surface area contributed by atoms with Crippen molar-refractivity contribution in [2.75, 3.05) is 27.3 Å². The van der Waals surface area contributed by atoms with E-state index in [0.29, 0.717) is 30.3 Å². The molecule has 1 aliphatic rings. The van der Waals surface area contributed by atoms with Gasteiger partial charge in [0.1, 0.15) is 11.9 Å². The molecule has 0 bridgehead atoms. The van der Waals surface area contributed by atoms with Gasteiger partial charge in [-0.3, -0.25) is 4.79 Å². The molecule has 0 aliphatic carbocycles. The average Bonchev–Trinajstić information content (AvgIpc) is 2.68. The van der Waals surface area contributed by atoms with Crippen LogP contribution in [0.1, 0.15) is 23.2 Å². The van der Waals surface area contributed by atoms with Gasteiger partial charge in [-0.15, -0.1) is 0 Å². The Kier molecular flexibility index (Phi) is 5.33. The molecular formula is C18H21N3O4. The van der Waals surface area contributed by atoms with Crippen LogP contribution in [0.15, 0.2) is 36.5 Å². The fourth-order valence-electron chi connectivity index (χ4n) is 2.83. The maximum absolute atomic E-state index is 12.7. The number of methoxy groups -OCH3 is 2. The Morgan fingerprint density at radius 3 is 2.60 bits per heavy atom. The van der Waals surface area contributed by atoms with Crippen molar-refractivity contribution in [3.8, 4) is 17.6 Å². The van der Waals surface area contributed by atoms with E-state index in [1.807, 2.05) is 17.0 Å². The van der Waals surface area contributed by atoms with Gasteiger partial charge in [-0.25, -0.2) is 4.98 Å². The van der Waals surface area contributed by atoms with Crippen molar-refractivity contribution in [3.05, 3.63) is 42.1 Å². The molecule has 0 radical (unpaired) electrons. The molecule has 1 aromatic heterocycles. The summed E-state index contributed by atoms with van der Waals surface area (Å²) < 4.78 is 16.2. The first-order valence-electron chi connectivity index (χ1n) is 8.17. The molecule has 2 aromatic rings. The molecular weight excluding hydrogens is 322 g/mol. The molecule has 2 heterocycles. The molecule has 1 aliphatic heterocycles. The maximum atomic E-state index is 12.7. The van der Waals surface area contributed by atoms with Crippen molar-refractivity contribution in [3.63, 3.8) is 0 Å². The van der Waals surface area contributed by atoms with Crippen LogP contribution in [-0.2, 0) is 0 Å². The number of hydrogen-bond acceptors (Lipinski definition) is 6. The Bertz CT molecular complexity index is 730. The van der Waals surface area contributed by atoms with Crippen LogP contribution in [-0.4, -0.2) is 54.2 Å². The topological polar surface area (TPSA) is 73.8 Å². The number of nitrogens with zero attached hydrogens (tertiary/aromatic N) is 3. The summed E-state index contributed by atoms with van der Waals surface area (Å²) in [6.45, 7) is 1.26. The zero-order chi connectivity index (χ0) is 17.6. The summed E-state index contributed by atoms with van der Waals surface area (Å²) in [5, 5.41) is 0. The Morgan fingerprint density at radius 2 is 1.88 bits per heavy atom. The predicted octanol–water partition coefficient (Wildman–Crippen LogP) is 2.18. The van der Waals surface area contributed by atoms with Crippen LogP contribution < -0.4 is 14.2 Å². The SMILES string of the molecule is COc1nccc(OC2CCN(C(=O)c3ccccc3OC)CC2)n1. The molecule has 1 amide bonds. The van der Waals surface area contributed by atoms with E-state index in [9.17, 15) is 4.79 Å². The molecule has 7 nitrogen and oxygen atoms in total. The number of amides is 1. The lowest BCUT2D eigenvalue weighted by molar-refractivity contribution is 0.0584. The number of piperidine rings is 1. The van der Waals surface area contributed by atoms with E-state index in [2.05, 4.69) is 9.97 Å². The van der Waals surface area contributed by atoms with Crippen molar-refractivity contribution < 1.29 is 19.0 Å². The van der Waals surface area contributed by atoms with E-state index in [0.717, 1.165) is 12.8 Å². The minimum absolute atomic E-state index is 0.0143. The average molecular weight is 343 g/mol. The molecule has 25 heavy (non-hydrogen) atoms. The molecule has 0 spiro atoms. The standard InChI is InChI=1S/C18H21N3O4/c1-23-15-6-4-3-5-14(15)17(22)21-11-8-13(9-12-21)25-16-7-10-19-18(20-16)24-2/h3-7,10,13H,8-9,11-12H2,1-2H3. The second kappa shape index (κ2) is 7.83. The van der Waals surface area contributed by atoms with E-state index in [1.54, 1.807) is 31.5 Å². The van der Waals surface area contributed by atoms with E-state index < -0.39 is 0 Å². The second-order valence-corrected chi connectivity index (χ2v) is 5.69. The van der Waals surface area contributed by atoms with Gasteiger partial charge < -0.3 is 19.1 Å². The maximum Gasteiger partial charge on any atom is 0.319 e. The Labute approximate surface area is 146 Å². The van der Waals surface area contributed by atoms with Gasteiger partial charge in [0.2, 0.25) is 5.88 Å². The monoisotopic (exact) mass is 343 g/mol. The van der Waals surface area contributed by atoms with Crippen molar-refractivity contribution in [1.29, 1.82) is 0 Å². The minimum Gasteiger partial charge on any atom is -0.496 e. The fourth-order valence-corrected chi connectivity index (χ4v) is 2.83. The highest BCUT2D eigenvalue weighted by Crippen LogP contribution is 2.23. The van der Waals surface area contributed by atoms with Crippen LogP contribution in [0.25, 0.3) is 0 Å². The van der Waals surface area contributed by atoms with Crippen LogP contribution in [0, 0.1) is 0 Å². The van der Waals surface area contributed by atoms with Crippen molar-refractivity contribution in [2.24, 2.45) is 0 Å². The zero-order valence-corrected chi connectivity index (χ0v) is 14.3. The van der Waals surface area contributed by atoms with Gasteiger partial charge in [0.15, 0.2) is 0 Å². The van der Waals surface area contributed by atoms with Crippen LogP contribution in [0.3, 0.4) is 0 Å². The smallest absolute Gasteiger partial charge is 0.319 e. The second-order valence-electron chi connectivity index (χ2n) is 5.69. The first-order chi connectivity index (χ1) is 12.2. The van der Waals surface area contributed by atoms with Crippen LogP contribution in [0.5, 0.6) is 17.6 Å². The lowest BCUT2D eigenvalue weighted by Crippen LogP contribution is -2.42. The van der Waals surface area contributed by atoms with Gasteiger partial charge in [0.05, 0.1) is 19.8 Å². The lowest BCUT2D eigenvalue weighted by Gasteiger charge is -2.32. The quantitative estimate of drug-likeness (QED) is 0.828. The predicted molar refractivity (Wildman–Crippen MR) is 91.1 cm³/mol. The molecule has 3 rings (SSSR count). The van der Waals surface area contributed by atoms with Gasteiger partial charge >= 0.3 is 6.01 Å². The van der Waals surface area contributed by atoms with Crippen molar-refractivity contribution in [2.45, 2.75) is 18.9 Å². The van der Waals surface area contributed by atoms with Gasteiger partial charge in [-0.05, 0) is 12.1 Å². The van der Waals surface area contributed by atoms with Crippen molar-refractivity contribution >= 4 is 5.91 Å². The number of aromatic nitrogens is 2. The van der Waals surface area contributed by atoms with Crippen LogP contribution in [0.2, 0.25) is 0 Å². The number of carbonyl (C=O) groups is 1. The summed E-state index contributed by atoms with van der Waals surface area (Å²) >= 11 is 0. The fraction of sp³-hybridized carbons (Fsp3) is 0.389. The molecule has 1 aromatic carbocycles. The Morgan fingerprint density at radius 1 is 1.12 bits per heavy atom. The summed E-state index contributed by atoms with van der Waals surface area (Å²) in [4.78, 5) is 22.6. The van der Waals surface area contributed by atoms with Gasteiger partial charge in [-0.2, -0.15) is 4.98 Å². The molecule has 0 atom stereocenters. The summed E-state index contributed by atoms with van der Waals surface area (Å²) in [6, 6.07) is 9.26. The number of likely N-dealkylation sites (tertiary alicyclic amines) is 1. The summed E-state index contributed by atoms with van der Waals surface area (Å²) in [6.07, 6.45) is 3.10. The number of rotatable bonds is 5. The van der Waals surface area contributed by atoms with E-state index >= 15 is 0 Å². The molecule has 0 saturated carbocycles. The first-order valence-corrected chi connectivity index (χ1v) is 8.17. The number of ether oxygens (including phenoxy) is 3. The number of benzene rings is 1. The minimum atomic E-state index is -0.0143. The van der Waals surface area contributed by atoms with Crippen molar-refractivity contribution in [1.82, 2.24) is 14.9 Å². The van der Waals surface area contributed by atoms with Crippen LogP contribution in [0.4, 0.5) is 0 Å². The number of para-hydroxylation sites is 1. The molecule has 1 saturated heterocycles. The summed E-state index contributed by atoms with van der Waals surface area (Å²) in [5.41, 5.74) is 0.588. The molecule has 7 heteroatoms. The Hall–Kier alpha value is -2.83. The third-order valence-electron chi connectivity index (χ3n) is 4.14. The van der Waals surface area contributed by atoms with E-state index in [-0.39, 0.29) is 18.0 Å². The third kappa shape index (κ3) is 3.99. The highest BCUT2D eigenvalue weighted by Gasteiger charge is 2.26.